The van der Waals surface area contributed by atoms with E-state index in [4.69, 9.17) is 16.3 Å². The van der Waals surface area contributed by atoms with Crippen molar-refractivity contribution in [2.45, 2.75) is 6.92 Å². The van der Waals surface area contributed by atoms with Crippen LogP contribution >= 0.6 is 27.5 Å². The third kappa shape index (κ3) is 3.34. The van der Waals surface area contributed by atoms with Gasteiger partial charge >= 0.3 is 0 Å². The van der Waals surface area contributed by atoms with Gasteiger partial charge < -0.3 is 10.1 Å². The highest BCUT2D eigenvalue weighted by molar-refractivity contribution is 9.10. The van der Waals surface area contributed by atoms with Crippen LogP contribution in [0.5, 0.6) is 11.6 Å². The van der Waals surface area contributed by atoms with Crippen molar-refractivity contribution in [3.05, 3.63) is 40.0 Å². The standard InChI is InChI=1S/C12H11BrClN3O/c1-2-15-12-16-7-10(13)11(17-12)18-9-5-3-8(14)4-6-9/h3-7H,2H2,1H3,(H,15,16,17). The molecule has 18 heavy (non-hydrogen) atoms. The SMILES string of the molecule is CCNc1ncc(Br)c(Oc2ccc(Cl)cc2)n1. The normalized spacial score (nSPS) is 10.2. The van der Waals surface area contributed by atoms with Crippen LogP contribution in [-0.4, -0.2) is 16.5 Å². The van der Waals surface area contributed by atoms with Crippen LogP contribution in [0.4, 0.5) is 5.95 Å². The van der Waals surface area contributed by atoms with Gasteiger partial charge in [-0.15, -0.1) is 0 Å². The molecular weight excluding hydrogens is 318 g/mol. The van der Waals surface area contributed by atoms with E-state index in [1.807, 2.05) is 6.92 Å². The summed E-state index contributed by atoms with van der Waals surface area (Å²) in [6.45, 7) is 2.73. The molecule has 0 amide bonds. The molecule has 0 saturated heterocycles. The van der Waals surface area contributed by atoms with Gasteiger partial charge in [0.2, 0.25) is 11.8 Å². The number of rotatable bonds is 4. The van der Waals surface area contributed by atoms with Crippen LogP contribution in [-0.2, 0) is 0 Å². The van der Waals surface area contributed by atoms with E-state index >= 15 is 0 Å². The van der Waals surface area contributed by atoms with Crippen LogP contribution in [0.15, 0.2) is 34.9 Å². The second-order valence-corrected chi connectivity index (χ2v) is 4.72. The Balaban J connectivity index is 2.22. The average molecular weight is 329 g/mol. The highest BCUT2D eigenvalue weighted by atomic mass is 79.9. The van der Waals surface area contributed by atoms with Crippen LogP contribution < -0.4 is 10.1 Å². The molecule has 0 spiro atoms. The first kappa shape index (κ1) is 13.1. The molecule has 0 radical (unpaired) electrons. The summed E-state index contributed by atoms with van der Waals surface area (Å²) in [4.78, 5) is 8.37. The zero-order valence-electron chi connectivity index (χ0n) is 9.65. The Morgan fingerprint density at radius 3 is 2.72 bits per heavy atom. The summed E-state index contributed by atoms with van der Waals surface area (Å²) in [5.41, 5.74) is 0. The average Bonchev–Trinajstić information content (AvgIpc) is 2.36. The molecule has 0 fully saturated rings. The number of halogens is 2. The minimum atomic E-state index is 0.461. The summed E-state index contributed by atoms with van der Waals surface area (Å²) >= 11 is 9.16. The van der Waals surface area contributed by atoms with Crippen molar-refractivity contribution in [3.63, 3.8) is 0 Å². The molecule has 1 N–H and O–H groups in total. The molecule has 0 aliphatic rings. The Morgan fingerprint density at radius 1 is 1.33 bits per heavy atom. The van der Waals surface area contributed by atoms with Gasteiger partial charge in [-0.25, -0.2) is 4.98 Å². The van der Waals surface area contributed by atoms with Crippen molar-refractivity contribution in [1.82, 2.24) is 9.97 Å². The van der Waals surface area contributed by atoms with Crippen molar-refractivity contribution in [2.75, 3.05) is 11.9 Å². The van der Waals surface area contributed by atoms with Gasteiger partial charge in [0.1, 0.15) is 5.75 Å². The Hall–Kier alpha value is -1.33. The number of hydrogen-bond acceptors (Lipinski definition) is 4. The zero-order chi connectivity index (χ0) is 13.0. The molecule has 1 aromatic heterocycles. The van der Waals surface area contributed by atoms with Gasteiger partial charge in [0.05, 0.1) is 10.7 Å². The third-order valence-electron chi connectivity index (χ3n) is 2.07. The van der Waals surface area contributed by atoms with Crippen molar-refractivity contribution in [1.29, 1.82) is 0 Å². The molecule has 2 aromatic rings. The molecule has 0 aliphatic carbocycles. The van der Waals surface area contributed by atoms with E-state index in [-0.39, 0.29) is 0 Å². The zero-order valence-corrected chi connectivity index (χ0v) is 12.0. The van der Waals surface area contributed by atoms with E-state index in [2.05, 4.69) is 31.2 Å². The number of benzene rings is 1. The lowest BCUT2D eigenvalue weighted by Gasteiger charge is -2.08. The minimum Gasteiger partial charge on any atom is -0.438 e. The Bertz CT molecular complexity index is 533. The second-order valence-electron chi connectivity index (χ2n) is 3.43. The summed E-state index contributed by atoms with van der Waals surface area (Å²) in [5, 5.41) is 3.69. The maximum Gasteiger partial charge on any atom is 0.238 e. The molecule has 0 aliphatic heterocycles. The fraction of sp³-hybridized carbons (Fsp3) is 0.167. The third-order valence-corrected chi connectivity index (χ3v) is 2.87. The summed E-state index contributed by atoms with van der Waals surface area (Å²) in [6.07, 6.45) is 1.65. The van der Waals surface area contributed by atoms with Gasteiger partial charge in [-0.2, -0.15) is 4.98 Å². The summed E-state index contributed by atoms with van der Waals surface area (Å²) in [5.74, 6) is 1.66. The van der Waals surface area contributed by atoms with E-state index in [0.29, 0.717) is 27.1 Å². The van der Waals surface area contributed by atoms with Gasteiger partial charge in [-0.05, 0) is 47.1 Å². The molecular formula is C12H11BrClN3O. The first-order chi connectivity index (χ1) is 8.69. The Labute approximate surface area is 118 Å². The smallest absolute Gasteiger partial charge is 0.238 e. The first-order valence-electron chi connectivity index (χ1n) is 5.39. The van der Waals surface area contributed by atoms with Crippen LogP contribution in [0.1, 0.15) is 6.92 Å². The van der Waals surface area contributed by atoms with E-state index in [0.717, 1.165) is 6.54 Å². The second kappa shape index (κ2) is 6.02. The monoisotopic (exact) mass is 327 g/mol. The minimum absolute atomic E-state index is 0.461. The summed E-state index contributed by atoms with van der Waals surface area (Å²) in [6, 6.07) is 7.09. The van der Waals surface area contributed by atoms with E-state index in [9.17, 15) is 0 Å². The van der Waals surface area contributed by atoms with Gasteiger partial charge in [-0.3, -0.25) is 0 Å². The van der Waals surface area contributed by atoms with Crippen molar-refractivity contribution >= 4 is 33.5 Å². The van der Waals surface area contributed by atoms with Gasteiger partial charge in [0.15, 0.2) is 0 Å². The van der Waals surface area contributed by atoms with Crippen molar-refractivity contribution in [2.24, 2.45) is 0 Å². The highest BCUT2D eigenvalue weighted by Gasteiger charge is 2.07. The molecule has 1 aromatic carbocycles. The number of nitrogens with zero attached hydrogens (tertiary/aromatic N) is 2. The maximum absolute atomic E-state index is 5.81. The van der Waals surface area contributed by atoms with Crippen LogP contribution in [0.3, 0.4) is 0 Å². The van der Waals surface area contributed by atoms with E-state index < -0.39 is 0 Å². The quantitative estimate of drug-likeness (QED) is 0.917. The molecule has 2 rings (SSSR count). The molecule has 0 bridgehead atoms. The Morgan fingerprint density at radius 2 is 2.06 bits per heavy atom. The van der Waals surface area contributed by atoms with Crippen LogP contribution in [0.25, 0.3) is 0 Å². The topological polar surface area (TPSA) is 47.0 Å². The van der Waals surface area contributed by atoms with Crippen LogP contribution in [0, 0.1) is 0 Å². The van der Waals surface area contributed by atoms with Gasteiger partial charge in [0.25, 0.3) is 0 Å². The maximum atomic E-state index is 5.81. The number of nitrogens with one attached hydrogen (secondary N) is 1. The predicted molar refractivity (Wildman–Crippen MR) is 75.4 cm³/mol. The molecule has 6 heteroatoms. The highest BCUT2D eigenvalue weighted by Crippen LogP contribution is 2.28. The van der Waals surface area contributed by atoms with Gasteiger partial charge in [0, 0.05) is 11.6 Å². The summed E-state index contributed by atoms with van der Waals surface area (Å²) < 4.78 is 6.35. The van der Waals surface area contributed by atoms with Gasteiger partial charge in [-0.1, -0.05) is 11.6 Å². The molecule has 4 nitrogen and oxygen atoms in total. The molecule has 0 saturated carbocycles. The molecule has 0 atom stereocenters. The molecule has 0 unspecified atom stereocenters. The number of hydrogen-bond donors (Lipinski definition) is 1. The van der Waals surface area contributed by atoms with Crippen LogP contribution in [0.2, 0.25) is 5.02 Å². The molecule has 1 heterocycles. The Kier molecular flexibility index (Phi) is 4.38. The van der Waals surface area contributed by atoms with E-state index in [1.54, 1.807) is 30.5 Å². The fourth-order valence-corrected chi connectivity index (χ4v) is 1.68. The summed E-state index contributed by atoms with van der Waals surface area (Å²) in [7, 11) is 0. The first-order valence-corrected chi connectivity index (χ1v) is 6.56. The number of ether oxygens (including phenoxy) is 1. The van der Waals surface area contributed by atoms with Crippen molar-refractivity contribution < 1.29 is 4.74 Å². The lowest BCUT2D eigenvalue weighted by molar-refractivity contribution is 0.459. The van der Waals surface area contributed by atoms with E-state index in [1.165, 1.54) is 0 Å². The lowest BCUT2D eigenvalue weighted by atomic mass is 10.3. The lowest BCUT2D eigenvalue weighted by Crippen LogP contribution is -2.02. The molecule has 94 valence electrons. The predicted octanol–water partition coefficient (Wildman–Crippen LogP) is 4.12. The fourth-order valence-electron chi connectivity index (χ4n) is 1.28. The number of anilines is 1. The van der Waals surface area contributed by atoms with Crippen molar-refractivity contribution in [3.8, 4) is 11.6 Å². The largest absolute Gasteiger partial charge is 0.438 e. The number of aromatic nitrogens is 2.